The third-order valence-electron chi connectivity index (χ3n) is 3.58. The van der Waals surface area contributed by atoms with Gasteiger partial charge in [-0.15, -0.1) is 5.10 Å². The number of aryl methyl sites for hydroxylation is 1. The first-order valence-electron chi connectivity index (χ1n) is 7.61. The van der Waals surface area contributed by atoms with Crippen LogP contribution in [0.3, 0.4) is 0 Å². The van der Waals surface area contributed by atoms with Crippen molar-refractivity contribution in [3.63, 3.8) is 0 Å². The number of carbonyl (C=O) groups is 1. The van der Waals surface area contributed by atoms with E-state index in [2.05, 4.69) is 50.5 Å². The molecule has 3 aromatic rings. The number of benzene rings is 2. The molecule has 0 aliphatic heterocycles. The van der Waals surface area contributed by atoms with Crippen LogP contribution >= 0.6 is 15.9 Å². The van der Waals surface area contributed by atoms with E-state index in [0.717, 1.165) is 16.5 Å². The highest BCUT2D eigenvalue weighted by Gasteiger charge is 2.12. The molecular weight excluding hydrogens is 370 g/mol. The normalized spacial score (nSPS) is 10.6. The fraction of sp³-hybridized carbons (Fsp3) is 0.167. The van der Waals surface area contributed by atoms with Crippen LogP contribution in [0.5, 0.6) is 0 Å². The zero-order valence-corrected chi connectivity index (χ0v) is 14.7. The SMILES string of the molecule is CCc1ccc(Cc2nnc(NC(=O)c3ccc(Br)cc3)o2)cc1. The molecule has 1 aromatic heterocycles. The largest absolute Gasteiger partial charge is 0.407 e. The predicted molar refractivity (Wildman–Crippen MR) is 95.0 cm³/mol. The third kappa shape index (κ3) is 4.08. The monoisotopic (exact) mass is 385 g/mol. The molecule has 5 nitrogen and oxygen atoms in total. The molecule has 0 aliphatic rings. The summed E-state index contributed by atoms with van der Waals surface area (Å²) in [5.41, 5.74) is 2.89. The maximum absolute atomic E-state index is 12.1. The molecule has 24 heavy (non-hydrogen) atoms. The highest BCUT2D eigenvalue weighted by molar-refractivity contribution is 9.10. The molecule has 0 unspecified atom stereocenters. The number of nitrogens with one attached hydrogen (secondary N) is 1. The van der Waals surface area contributed by atoms with E-state index in [1.54, 1.807) is 24.3 Å². The lowest BCUT2D eigenvalue weighted by atomic mass is 10.1. The lowest BCUT2D eigenvalue weighted by Gasteiger charge is -2.01. The van der Waals surface area contributed by atoms with Gasteiger partial charge in [-0.05, 0) is 41.8 Å². The van der Waals surface area contributed by atoms with Crippen LogP contribution in [0.15, 0.2) is 57.4 Å². The summed E-state index contributed by atoms with van der Waals surface area (Å²) in [6, 6.07) is 15.4. The fourth-order valence-corrected chi connectivity index (χ4v) is 2.48. The van der Waals surface area contributed by atoms with Crippen molar-refractivity contribution in [2.45, 2.75) is 19.8 Å². The summed E-state index contributed by atoms with van der Waals surface area (Å²) in [7, 11) is 0. The molecule has 6 heteroatoms. The number of hydrogen-bond donors (Lipinski definition) is 1. The Labute approximate surface area is 148 Å². The van der Waals surface area contributed by atoms with Crippen LogP contribution in [-0.2, 0) is 12.8 Å². The molecule has 0 radical (unpaired) electrons. The zero-order valence-electron chi connectivity index (χ0n) is 13.1. The Hall–Kier alpha value is -2.47. The van der Waals surface area contributed by atoms with Gasteiger partial charge in [0.2, 0.25) is 5.89 Å². The highest BCUT2D eigenvalue weighted by atomic mass is 79.9. The number of aromatic nitrogens is 2. The highest BCUT2D eigenvalue weighted by Crippen LogP contribution is 2.15. The number of anilines is 1. The number of carbonyl (C=O) groups excluding carboxylic acids is 1. The average molecular weight is 386 g/mol. The molecule has 122 valence electrons. The van der Waals surface area contributed by atoms with Crippen molar-refractivity contribution in [1.29, 1.82) is 0 Å². The van der Waals surface area contributed by atoms with E-state index in [4.69, 9.17) is 4.42 Å². The smallest absolute Gasteiger partial charge is 0.322 e. The van der Waals surface area contributed by atoms with E-state index in [9.17, 15) is 4.79 Å². The van der Waals surface area contributed by atoms with Crippen LogP contribution in [0.25, 0.3) is 0 Å². The van der Waals surface area contributed by atoms with Gasteiger partial charge >= 0.3 is 6.01 Å². The second-order valence-electron chi connectivity index (χ2n) is 5.31. The van der Waals surface area contributed by atoms with E-state index in [1.807, 2.05) is 12.1 Å². The second kappa shape index (κ2) is 7.40. The first-order chi connectivity index (χ1) is 11.6. The number of rotatable bonds is 5. The molecular formula is C18H16BrN3O2. The van der Waals surface area contributed by atoms with Crippen molar-refractivity contribution in [2.24, 2.45) is 0 Å². The van der Waals surface area contributed by atoms with E-state index in [0.29, 0.717) is 17.9 Å². The quantitative estimate of drug-likeness (QED) is 0.712. The Morgan fingerprint density at radius 1 is 1.04 bits per heavy atom. The molecule has 2 aromatic carbocycles. The number of nitrogens with zero attached hydrogens (tertiary/aromatic N) is 2. The first kappa shape index (κ1) is 16.4. The second-order valence-corrected chi connectivity index (χ2v) is 6.22. The van der Waals surface area contributed by atoms with Crippen LogP contribution in [0.1, 0.15) is 34.3 Å². The van der Waals surface area contributed by atoms with Gasteiger partial charge in [0.05, 0.1) is 6.42 Å². The van der Waals surface area contributed by atoms with Crippen LogP contribution < -0.4 is 5.32 Å². The summed E-state index contributed by atoms with van der Waals surface area (Å²) in [4.78, 5) is 12.1. The van der Waals surface area contributed by atoms with Gasteiger partial charge in [0.25, 0.3) is 5.91 Å². The van der Waals surface area contributed by atoms with Gasteiger partial charge in [-0.2, -0.15) is 0 Å². The Morgan fingerprint density at radius 2 is 1.71 bits per heavy atom. The fourth-order valence-electron chi connectivity index (χ4n) is 2.21. The maximum atomic E-state index is 12.1. The zero-order chi connectivity index (χ0) is 16.9. The Balaban J connectivity index is 1.64. The third-order valence-corrected chi connectivity index (χ3v) is 4.11. The molecule has 1 N–H and O–H groups in total. The van der Waals surface area contributed by atoms with Crippen molar-refractivity contribution < 1.29 is 9.21 Å². The maximum Gasteiger partial charge on any atom is 0.322 e. The average Bonchev–Trinajstić information content (AvgIpc) is 3.03. The van der Waals surface area contributed by atoms with E-state index in [1.165, 1.54) is 5.56 Å². The molecule has 0 aliphatic carbocycles. The number of hydrogen-bond acceptors (Lipinski definition) is 4. The van der Waals surface area contributed by atoms with Crippen molar-refractivity contribution in [1.82, 2.24) is 10.2 Å². The van der Waals surface area contributed by atoms with Crippen molar-refractivity contribution in [3.05, 3.63) is 75.6 Å². The minimum Gasteiger partial charge on any atom is -0.407 e. The molecule has 1 amide bonds. The van der Waals surface area contributed by atoms with Crippen LogP contribution in [0.4, 0.5) is 6.01 Å². The Morgan fingerprint density at radius 3 is 2.38 bits per heavy atom. The van der Waals surface area contributed by atoms with Gasteiger partial charge in [0, 0.05) is 10.0 Å². The molecule has 0 spiro atoms. The van der Waals surface area contributed by atoms with Crippen molar-refractivity contribution >= 4 is 27.9 Å². The van der Waals surface area contributed by atoms with Crippen molar-refractivity contribution in [3.8, 4) is 0 Å². The lowest BCUT2D eigenvalue weighted by Crippen LogP contribution is -2.11. The van der Waals surface area contributed by atoms with Crippen LogP contribution in [0.2, 0.25) is 0 Å². The molecule has 0 bridgehead atoms. The predicted octanol–water partition coefficient (Wildman–Crippen LogP) is 4.24. The van der Waals surface area contributed by atoms with Gasteiger partial charge in [-0.3, -0.25) is 10.1 Å². The summed E-state index contributed by atoms with van der Waals surface area (Å²) < 4.78 is 6.41. The lowest BCUT2D eigenvalue weighted by molar-refractivity contribution is 0.102. The summed E-state index contributed by atoms with van der Waals surface area (Å²) >= 11 is 3.33. The minimum atomic E-state index is -0.287. The summed E-state index contributed by atoms with van der Waals surface area (Å²) in [6.45, 7) is 2.12. The van der Waals surface area contributed by atoms with Crippen LogP contribution in [-0.4, -0.2) is 16.1 Å². The van der Waals surface area contributed by atoms with Gasteiger partial charge in [0.15, 0.2) is 0 Å². The number of halogens is 1. The van der Waals surface area contributed by atoms with Gasteiger partial charge < -0.3 is 4.42 Å². The van der Waals surface area contributed by atoms with Crippen LogP contribution in [0, 0.1) is 0 Å². The van der Waals surface area contributed by atoms with Gasteiger partial charge in [-0.1, -0.05) is 52.2 Å². The van der Waals surface area contributed by atoms with E-state index >= 15 is 0 Å². The molecule has 3 rings (SSSR count). The topological polar surface area (TPSA) is 68.0 Å². The molecule has 0 saturated heterocycles. The van der Waals surface area contributed by atoms with E-state index < -0.39 is 0 Å². The summed E-state index contributed by atoms with van der Waals surface area (Å²) in [6.07, 6.45) is 1.54. The van der Waals surface area contributed by atoms with Gasteiger partial charge in [-0.25, -0.2) is 0 Å². The van der Waals surface area contributed by atoms with Crippen molar-refractivity contribution in [2.75, 3.05) is 5.32 Å². The summed E-state index contributed by atoms with van der Waals surface area (Å²) in [5.74, 6) is 0.176. The Bertz CT molecular complexity index is 826. The summed E-state index contributed by atoms with van der Waals surface area (Å²) in [5, 5.41) is 10.5. The Kier molecular flexibility index (Phi) is 5.05. The molecule has 0 fully saturated rings. The number of amides is 1. The standard InChI is InChI=1S/C18H16BrN3O2/c1-2-12-3-5-13(6-4-12)11-16-21-22-18(24-16)20-17(23)14-7-9-15(19)10-8-14/h3-10H,2,11H2,1H3,(H,20,22,23). The minimum absolute atomic E-state index is 0.100. The van der Waals surface area contributed by atoms with Gasteiger partial charge in [0.1, 0.15) is 0 Å². The molecule has 1 heterocycles. The molecule has 0 saturated carbocycles. The first-order valence-corrected chi connectivity index (χ1v) is 8.40. The van der Waals surface area contributed by atoms with E-state index in [-0.39, 0.29) is 11.9 Å². The molecule has 0 atom stereocenters.